The summed E-state index contributed by atoms with van der Waals surface area (Å²) >= 11 is 5.77. The van der Waals surface area contributed by atoms with Crippen molar-refractivity contribution in [3.63, 3.8) is 0 Å². The van der Waals surface area contributed by atoms with Crippen LogP contribution in [0.3, 0.4) is 0 Å². The molecule has 180 valence electrons. The predicted molar refractivity (Wildman–Crippen MR) is 108 cm³/mol. The van der Waals surface area contributed by atoms with Gasteiger partial charge in [0, 0.05) is 23.8 Å². The molecule has 33 heavy (non-hydrogen) atoms. The number of sulfonamides is 1. The molecular formula is C20H17ClF6N2O3S. The van der Waals surface area contributed by atoms with Gasteiger partial charge < -0.3 is 5.32 Å². The van der Waals surface area contributed by atoms with Gasteiger partial charge in [0.05, 0.1) is 21.9 Å². The first-order valence-electron chi connectivity index (χ1n) is 9.54. The monoisotopic (exact) mass is 514 g/mol. The highest BCUT2D eigenvalue weighted by atomic mass is 35.5. The van der Waals surface area contributed by atoms with E-state index in [0.717, 1.165) is 4.31 Å². The number of hydrogen-bond donors (Lipinski definition) is 1. The zero-order valence-corrected chi connectivity index (χ0v) is 18.2. The van der Waals surface area contributed by atoms with Crippen molar-refractivity contribution in [3.05, 3.63) is 58.6 Å². The van der Waals surface area contributed by atoms with E-state index in [1.165, 1.54) is 24.3 Å². The highest BCUT2D eigenvalue weighted by Crippen LogP contribution is 2.38. The lowest BCUT2D eigenvalue weighted by atomic mass is 9.98. The molecule has 13 heteroatoms. The van der Waals surface area contributed by atoms with E-state index >= 15 is 0 Å². The van der Waals surface area contributed by atoms with Crippen molar-refractivity contribution in [1.82, 2.24) is 4.31 Å². The Kier molecular flexibility index (Phi) is 7.02. The third-order valence-corrected chi connectivity index (χ3v) is 7.19. The van der Waals surface area contributed by atoms with E-state index in [1.54, 1.807) is 0 Å². The molecule has 1 heterocycles. The number of piperidine rings is 1. The summed E-state index contributed by atoms with van der Waals surface area (Å²) in [5.41, 5.74) is -3.81. The van der Waals surface area contributed by atoms with Crippen LogP contribution in [0.5, 0.6) is 0 Å². The summed E-state index contributed by atoms with van der Waals surface area (Å²) in [7, 11) is -3.97. The zero-order valence-electron chi connectivity index (χ0n) is 16.7. The second-order valence-electron chi connectivity index (χ2n) is 7.44. The Morgan fingerprint density at radius 1 is 0.970 bits per heavy atom. The van der Waals surface area contributed by atoms with Crippen molar-refractivity contribution in [1.29, 1.82) is 0 Å². The Morgan fingerprint density at radius 3 is 2.03 bits per heavy atom. The van der Waals surface area contributed by atoms with Crippen LogP contribution in [0.15, 0.2) is 47.4 Å². The highest BCUT2D eigenvalue weighted by Gasteiger charge is 2.38. The Labute approximate surface area is 190 Å². The quantitative estimate of drug-likeness (QED) is 0.554. The SMILES string of the molecule is O=C(Nc1cc(C(F)(F)F)cc(C(F)(F)F)c1)[C@H]1CCCN(S(=O)(=O)c2ccc(Cl)cc2)C1. The fraction of sp³-hybridized carbons (Fsp3) is 0.350. The molecule has 3 rings (SSSR count). The van der Waals surface area contributed by atoms with Crippen molar-refractivity contribution in [3.8, 4) is 0 Å². The van der Waals surface area contributed by atoms with Crippen molar-refractivity contribution in [2.75, 3.05) is 18.4 Å². The predicted octanol–water partition coefficient (Wildman–Crippen LogP) is 5.42. The third kappa shape index (κ3) is 5.98. The van der Waals surface area contributed by atoms with E-state index in [4.69, 9.17) is 11.6 Å². The van der Waals surface area contributed by atoms with Gasteiger partial charge >= 0.3 is 12.4 Å². The van der Waals surface area contributed by atoms with Crippen LogP contribution in [0.1, 0.15) is 24.0 Å². The van der Waals surface area contributed by atoms with Crippen LogP contribution >= 0.6 is 11.6 Å². The summed E-state index contributed by atoms with van der Waals surface area (Å²) in [4.78, 5) is 12.6. The minimum atomic E-state index is -5.06. The molecule has 0 spiro atoms. The number of nitrogens with zero attached hydrogens (tertiary/aromatic N) is 1. The molecule has 1 atom stereocenters. The second kappa shape index (κ2) is 9.15. The fourth-order valence-corrected chi connectivity index (χ4v) is 5.05. The molecule has 1 saturated heterocycles. The molecule has 1 aliphatic rings. The Hall–Kier alpha value is -2.31. The number of carbonyl (C=O) groups excluding carboxylic acids is 1. The topological polar surface area (TPSA) is 66.5 Å². The number of rotatable bonds is 4. The summed E-state index contributed by atoms with van der Waals surface area (Å²) in [6, 6.07) is 6.11. The minimum absolute atomic E-state index is 0.0450. The molecule has 0 aromatic heterocycles. The van der Waals surface area contributed by atoms with E-state index < -0.39 is 51.0 Å². The molecule has 1 amide bonds. The van der Waals surface area contributed by atoms with Gasteiger partial charge in [-0.15, -0.1) is 0 Å². The van der Waals surface area contributed by atoms with Crippen LogP contribution in [-0.2, 0) is 27.2 Å². The van der Waals surface area contributed by atoms with Crippen molar-refractivity contribution < 1.29 is 39.6 Å². The van der Waals surface area contributed by atoms with E-state index in [0.29, 0.717) is 17.2 Å². The molecule has 1 N–H and O–H groups in total. The van der Waals surface area contributed by atoms with Gasteiger partial charge in [-0.25, -0.2) is 8.42 Å². The third-order valence-electron chi connectivity index (χ3n) is 5.06. The number of alkyl halides is 6. The van der Waals surface area contributed by atoms with Gasteiger partial charge in [0.15, 0.2) is 0 Å². The summed E-state index contributed by atoms with van der Waals surface area (Å²) < 4.78 is 105. The number of anilines is 1. The molecule has 0 saturated carbocycles. The highest BCUT2D eigenvalue weighted by molar-refractivity contribution is 7.89. The lowest BCUT2D eigenvalue weighted by molar-refractivity contribution is -0.143. The van der Waals surface area contributed by atoms with E-state index in [1.807, 2.05) is 0 Å². The molecular weight excluding hydrogens is 498 g/mol. The van der Waals surface area contributed by atoms with Crippen LogP contribution in [0, 0.1) is 5.92 Å². The molecule has 1 aliphatic heterocycles. The average molecular weight is 515 g/mol. The van der Waals surface area contributed by atoms with Gasteiger partial charge in [-0.1, -0.05) is 11.6 Å². The number of carbonyl (C=O) groups is 1. The lowest BCUT2D eigenvalue weighted by Crippen LogP contribution is -2.43. The molecule has 0 aliphatic carbocycles. The van der Waals surface area contributed by atoms with E-state index in [-0.39, 0.29) is 36.9 Å². The maximum atomic E-state index is 13.0. The number of benzene rings is 2. The van der Waals surface area contributed by atoms with Crippen LogP contribution in [-0.4, -0.2) is 31.7 Å². The fourth-order valence-electron chi connectivity index (χ4n) is 3.40. The lowest BCUT2D eigenvalue weighted by Gasteiger charge is -2.31. The van der Waals surface area contributed by atoms with Crippen molar-refractivity contribution in [2.24, 2.45) is 5.92 Å². The van der Waals surface area contributed by atoms with Crippen LogP contribution in [0.4, 0.5) is 32.0 Å². The zero-order chi connectivity index (χ0) is 24.6. The van der Waals surface area contributed by atoms with Gasteiger partial charge in [-0.2, -0.15) is 30.6 Å². The van der Waals surface area contributed by atoms with Gasteiger partial charge in [0.2, 0.25) is 15.9 Å². The standard InChI is InChI=1S/C20H17ClF6N2O3S/c21-15-3-5-17(6-4-15)33(31,32)29-7-1-2-12(11-29)18(30)28-16-9-13(19(22,23)24)8-14(10-16)20(25,26)27/h3-6,8-10,12H,1-2,7,11H2,(H,28,30)/t12-/m0/s1. The van der Waals surface area contributed by atoms with Crippen LogP contribution in [0.2, 0.25) is 5.02 Å². The molecule has 0 radical (unpaired) electrons. The molecule has 5 nitrogen and oxygen atoms in total. The first-order chi connectivity index (χ1) is 15.2. The normalized spacial score (nSPS) is 18.2. The largest absolute Gasteiger partial charge is 0.416 e. The number of halogens is 7. The van der Waals surface area contributed by atoms with Gasteiger partial charge in [-0.05, 0) is 55.3 Å². The summed E-state index contributed by atoms with van der Waals surface area (Å²) in [6.07, 6.45) is -9.63. The summed E-state index contributed by atoms with van der Waals surface area (Å²) in [5.74, 6) is -1.84. The van der Waals surface area contributed by atoms with Crippen LogP contribution < -0.4 is 5.32 Å². The Morgan fingerprint density at radius 2 is 1.52 bits per heavy atom. The first kappa shape index (κ1) is 25.3. The molecule has 2 aromatic rings. The minimum Gasteiger partial charge on any atom is -0.326 e. The number of amides is 1. The maximum Gasteiger partial charge on any atom is 0.416 e. The molecule has 2 aromatic carbocycles. The first-order valence-corrected chi connectivity index (χ1v) is 11.4. The van der Waals surface area contributed by atoms with Crippen molar-refractivity contribution >= 4 is 33.2 Å². The second-order valence-corrected chi connectivity index (χ2v) is 9.81. The van der Waals surface area contributed by atoms with Gasteiger partial charge in [0.1, 0.15) is 0 Å². The number of hydrogen-bond acceptors (Lipinski definition) is 3. The Bertz CT molecular complexity index is 1100. The van der Waals surface area contributed by atoms with Crippen LogP contribution in [0.25, 0.3) is 0 Å². The Balaban J connectivity index is 1.81. The average Bonchev–Trinajstić information content (AvgIpc) is 2.72. The summed E-state index contributed by atoms with van der Waals surface area (Å²) in [5, 5.41) is 2.40. The molecule has 0 bridgehead atoms. The molecule has 0 unspecified atom stereocenters. The van der Waals surface area contributed by atoms with Gasteiger partial charge in [-0.3, -0.25) is 4.79 Å². The molecule has 1 fully saturated rings. The maximum absolute atomic E-state index is 13.0. The smallest absolute Gasteiger partial charge is 0.326 e. The summed E-state index contributed by atoms with van der Waals surface area (Å²) in [6.45, 7) is -0.168. The van der Waals surface area contributed by atoms with Crippen molar-refractivity contribution in [2.45, 2.75) is 30.1 Å². The number of nitrogens with one attached hydrogen (secondary N) is 1. The van der Waals surface area contributed by atoms with E-state index in [9.17, 15) is 39.6 Å². The van der Waals surface area contributed by atoms with E-state index in [2.05, 4.69) is 5.32 Å². The van der Waals surface area contributed by atoms with Gasteiger partial charge in [0.25, 0.3) is 0 Å².